The molecule has 1 aliphatic carbocycles. The Bertz CT molecular complexity index is 2470. The third-order valence-corrected chi connectivity index (χ3v) is 9.87. The number of fused-ring (bicyclic) bond motifs is 6. The van der Waals surface area contributed by atoms with Crippen molar-refractivity contribution in [1.82, 2.24) is 0 Å². The van der Waals surface area contributed by atoms with Gasteiger partial charge in [-0.2, -0.15) is 0 Å². The van der Waals surface area contributed by atoms with E-state index in [-0.39, 0.29) is 0 Å². The Balaban J connectivity index is 1.08. The molecule has 0 fully saturated rings. The van der Waals surface area contributed by atoms with Crippen molar-refractivity contribution in [3.8, 4) is 12.3 Å². The molecule has 50 heavy (non-hydrogen) atoms. The van der Waals surface area contributed by atoms with Crippen molar-refractivity contribution < 1.29 is 0 Å². The summed E-state index contributed by atoms with van der Waals surface area (Å²) in [6, 6.07) is 54.2. The molecule has 7 aromatic carbocycles. The average Bonchev–Trinajstić information content (AvgIpc) is 3.19. The van der Waals surface area contributed by atoms with E-state index in [1.54, 1.807) is 0 Å². The zero-order chi connectivity index (χ0) is 33.9. The smallest absolute Gasteiger partial charge is 0.0461 e. The molecule has 0 bridgehead atoms. The van der Waals surface area contributed by atoms with Gasteiger partial charge in [0.05, 0.1) is 0 Å². The van der Waals surface area contributed by atoms with Crippen molar-refractivity contribution in [3.05, 3.63) is 204 Å². The molecule has 238 valence electrons. The number of rotatable bonds is 7. The number of nitrogens with zero attached hydrogens (tertiary/aromatic N) is 1. The standard InChI is InChI=1S/C49H37N/c1-3-36(38-14-6-4-7-15-38)23-22-35(2)37-24-29-42(30-25-37)50(41-16-8-5-9-17-41)43-31-26-39(27-32-43)40-28-33-48-46-20-11-10-18-44(46)45-19-12-13-21-47(45)49(48)34-40/h1,4-26,28-34,39H,27H2,2H3/b35-22+,36-23+. The normalized spacial score (nSPS) is 14.9. The van der Waals surface area contributed by atoms with Gasteiger partial charge in [-0.15, -0.1) is 6.42 Å². The van der Waals surface area contributed by atoms with E-state index in [1.165, 1.54) is 43.6 Å². The van der Waals surface area contributed by atoms with Gasteiger partial charge in [0.1, 0.15) is 0 Å². The average molecular weight is 640 g/mol. The second-order valence-electron chi connectivity index (χ2n) is 12.9. The van der Waals surface area contributed by atoms with Crippen molar-refractivity contribution in [3.63, 3.8) is 0 Å². The maximum Gasteiger partial charge on any atom is 0.0461 e. The van der Waals surface area contributed by atoms with Crippen molar-refractivity contribution in [2.24, 2.45) is 0 Å². The maximum absolute atomic E-state index is 5.85. The van der Waals surface area contributed by atoms with E-state index >= 15 is 0 Å². The second kappa shape index (κ2) is 13.6. The SMILES string of the molecule is C#C/C(=C\C=C(/C)c1ccc(N(C2=CCC(c3ccc4c5ccccc5c5ccccc5c4c3)C=C2)c2ccccc2)cc1)c1ccccc1. The summed E-state index contributed by atoms with van der Waals surface area (Å²) in [4.78, 5) is 2.35. The van der Waals surface area contributed by atoms with Crippen LogP contribution in [0.25, 0.3) is 43.5 Å². The van der Waals surface area contributed by atoms with Crippen LogP contribution in [0.15, 0.2) is 188 Å². The number of para-hydroxylation sites is 1. The zero-order valence-corrected chi connectivity index (χ0v) is 28.1. The third kappa shape index (κ3) is 5.94. The molecule has 1 nitrogen and oxygen atoms in total. The maximum atomic E-state index is 5.85. The summed E-state index contributed by atoms with van der Waals surface area (Å²) >= 11 is 0. The second-order valence-corrected chi connectivity index (χ2v) is 12.9. The molecule has 0 heterocycles. The minimum Gasteiger partial charge on any atom is -0.311 e. The third-order valence-electron chi connectivity index (χ3n) is 9.87. The lowest BCUT2D eigenvalue weighted by Crippen LogP contribution is -2.17. The molecular weight excluding hydrogens is 603 g/mol. The molecular formula is C49H37N. The molecule has 0 aromatic heterocycles. The first-order valence-corrected chi connectivity index (χ1v) is 17.3. The van der Waals surface area contributed by atoms with E-state index < -0.39 is 0 Å². The van der Waals surface area contributed by atoms with E-state index in [4.69, 9.17) is 6.42 Å². The molecule has 1 aliphatic rings. The summed E-state index contributed by atoms with van der Waals surface area (Å²) in [6.45, 7) is 2.13. The highest BCUT2D eigenvalue weighted by Crippen LogP contribution is 2.39. The number of anilines is 2. The van der Waals surface area contributed by atoms with Gasteiger partial charge in [-0.25, -0.2) is 0 Å². The minimum atomic E-state index is 0.304. The minimum absolute atomic E-state index is 0.304. The van der Waals surface area contributed by atoms with Crippen LogP contribution in [0.5, 0.6) is 0 Å². The van der Waals surface area contributed by atoms with Gasteiger partial charge >= 0.3 is 0 Å². The lowest BCUT2D eigenvalue weighted by atomic mass is 9.87. The molecule has 0 saturated carbocycles. The van der Waals surface area contributed by atoms with Gasteiger partial charge in [-0.3, -0.25) is 0 Å². The highest BCUT2D eigenvalue weighted by Gasteiger charge is 2.19. The topological polar surface area (TPSA) is 3.24 Å². The first-order valence-electron chi connectivity index (χ1n) is 17.3. The molecule has 1 unspecified atom stereocenters. The van der Waals surface area contributed by atoms with Crippen molar-refractivity contribution >= 4 is 54.8 Å². The van der Waals surface area contributed by atoms with Crippen molar-refractivity contribution in [1.29, 1.82) is 0 Å². The van der Waals surface area contributed by atoms with E-state index in [9.17, 15) is 0 Å². The first kappa shape index (κ1) is 30.9. The summed E-state index contributed by atoms with van der Waals surface area (Å²) in [5, 5.41) is 7.88. The van der Waals surface area contributed by atoms with Crippen LogP contribution in [0.1, 0.15) is 36.0 Å². The number of allylic oxidation sites excluding steroid dienone is 7. The van der Waals surface area contributed by atoms with Gasteiger partial charge in [-0.1, -0.05) is 145 Å². The Morgan fingerprint density at radius 3 is 1.76 bits per heavy atom. The van der Waals surface area contributed by atoms with Gasteiger partial charge in [0.2, 0.25) is 0 Å². The Kier molecular flexibility index (Phi) is 8.44. The van der Waals surface area contributed by atoms with E-state index in [1.807, 2.05) is 36.4 Å². The Labute approximate surface area is 294 Å². The fraction of sp³-hybridized carbons (Fsp3) is 0.0612. The van der Waals surface area contributed by atoms with Gasteiger partial charge in [0.25, 0.3) is 0 Å². The molecule has 0 N–H and O–H groups in total. The van der Waals surface area contributed by atoms with Crippen LogP contribution in [-0.2, 0) is 0 Å². The molecule has 0 aliphatic heterocycles. The lowest BCUT2D eigenvalue weighted by Gasteiger charge is -2.29. The molecule has 1 heteroatoms. The molecule has 0 saturated heterocycles. The number of terminal acetylenes is 1. The van der Waals surface area contributed by atoms with Gasteiger partial charge in [0.15, 0.2) is 0 Å². The van der Waals surface area contributed by atoms with Gasteiger partial charge < -0.3 is 4.90 Å². The van der Waals surface area contributed by atoms with Crippen LogP contribution in [-0.4, -0.2) is 0 Å². The van der Waals surface area contributed by atoms with Gasteiger partial charge in [0, 0.05) is 28.6 Å². The van der Waals surface area contributed by atoms with Crippen LogP contribution in [0.3, 0.4) is 0 Å². The van der Waals surface area contributed by atoms with Crippen LogP contribution in [0, 0.1) is 12.3 Å². The highest BCUT2D eigenvalue weighted by molar-refractivity contribution is 6.25. The molecule has 0 spiro atoms. The predicted molar refractivity (Wildman–Crippen MR) is 215 cm³/mol. The van der Waals surface area contributed by atoms with E-state index in [2.05, 4.69) is 163 Å². The number of benzene rings is 7. The highest BCUT2D eigenvalue weighted by atomic mass is 15.1. The molecule has 0 amide bonds. The Hall–Kier alpha value is -6.36. The summed E-state index contributed by atoms with van der Waals surface area (Å²) in [7, 11) is 0. The monoisotopic (exact) mass is 639 g/mol. The molecule has 7 aromatic rings. The largest absolute Gasteiger partial charge is 0.311 e. The first-order chi connectivity index (χ1) is 24.7. The van der Waals surface area contributed by atoms with Crippen LogP contribution in [0.2, 0.25) is 0 Å². The quantitative estimate of drug-likeness (QED) is 0.0953. The fourth-order valence-electron chi connectivity index (χ4n) is 7.23. The Morgan fingerprint density at radius 1 is 0.600 bits per heavy atom. The van der Waals surface area contributed by atoms with Crippen molar-refractivity contribution in [2.45, 2.75) is 19.3 Å². The predicted octanol–water partition coefficient (Wildman–Crippen LogP) is 13.0. The molecule has 0 radical (unpaired) electrons. The summed E-state index contributed by atoms with van der Waals surface area (Å²) in [5.41, 5.74) is 9.01. The Morgan fingerprint density at radius 2 is 1.16 bits per heavy atom. The molecule has 1 atom stereocenters. The zero-order valence-electron chi connectivity index (χ0n) is 28.1. The summed E-state index contributed by atoms with van der Waals surface area (Å²) < 4.78 is 0. The van der Waals surface area contributed by atoms with Crippen LogP contribution < -0.4 is 4.90 Å². The van der Waals surface area contributed by atoms with E-state index in [0.717, 1.165) is 40.1 Å². The van der Waals surface area contributed by atoms with Crippen LogP contribution >= 0.6 is 0 Å². The van der Waals surface area contributed by atoms with E-state index in [0.29, 0.717) is 5.92 Å². The summed E-state index contributed by atoms with van der Waals surface area (Å²) in [5.74, 6) is 3.14. The van der Waals surface area contributed by atoms with Gasteiger partial charge in [-0.05, 0) is 110 Å². The lowest BCUT2D eigenvalue weighted by molar-refractivity contribution is 0.841. The number of hydrogen-bond donors (Lipinski definition) is 0. The fourth-order valence-corrected chi connectivity index (χ4v) is 7.23. The summed E-state index contributed by atoms with van der Waals surface area (Å²) in [6.07, 6.45) is 18.0. The molecule has 8 rings (SSSR count). The van der Waals surface area contributed by atoms with Crippen LogP contribution in [0.4, 0.5) is 11.4 Å². The number of hydrogen-bond acceptors (Lipinski definition) is 1. The van der Waals surface area contributed by atoms with Crippen molar-refractivity contribution in [2.75, 3.05) is 4.90 Å².